The molecule has 100 valence electrons. The van der Waals surface area contributed by atoms with E-state index < -0.39 is 17.4 Å². The number of carbonyl (C=O) groups excluding carboxylic acids is 2. The third kappa shape index (κ3) is 1.66. The van der Waals surface area contributed by atoms with E-state index in [0.29, 0.717) is 18.8 Å². The molecule has 0 unspecified atom stereocenters. The van der Waals surface area contributed by atoms with Crippen LogP contribution in [0, 0.1) is 16.7 Å². The summed E-state index contributed by atoms with van der Waals surface area (Å²) in [5.74, 6) is -0.602. The van der Waals surface area contributed by atoms with Crippen molar-refractivity contribution in [1.82, 2.24) is 0 Å². The molecular weight excluding hydrogens is 232 g/mol. The van der Waals surface area contributed by atoms with Crippen LogP contribution < -0.4 is 0 Å². The van der Waals surface area contributed by atoms with E-state index in [0.717, 1.165) is 12.8 Å². The zero-order chi connectivity index (χ0) is 13.6. The van der Waals surface area contributed by atoms with Crippen LogP contribution in [0.4, 0.5) is 0 Å². The molecule has 0 bridgehead atoms. The molecule has 0 amide bonds. The van der Waals surface area contributed by atoms with Crippen LogP contribution in [0.1, 0.15) is 32.6 Å². The van der Waals surface area contributed by atoms with E-state index in [2.05, 4.69) is 13.5 Å². The standard InChI is InChI=1S/C14H20O4/c1-9-5-10-7-14(11(15)17-3,12(16)18-4)8-13(10,2)6-9/h10H,1,5-8H2,2-4H3/t10-,13+/m1/s1. The molecule has 2 aliphatic carbocycles. The van der Waals surface area contributed by atoms with Crippen molar-refractivity contribution in [1.29, 1.82) is 0 Å². The lowest BCUT2D eigenvalue weighted by molar-refractivity contribution is -0.169. The summed E-state index contributed by atoms with van der Waals surface area (Å²) in [6, 6.07) is 0. The number of rotatable bonds is 2. The molecule has 2 aliphatic rings. The molecule has 18 heavy (non-hydrogen) atoms. The molecular formula is C14H20O4. The lowest BCUT2D eigenvalue weighted by Gasteiger charge is -2.26. The summed E-state index contributed by atoms with van der Waals surface area (Å²) in [7, 11) is 2.64. The lowest BCUT2D eigenvalue weighted by Crippen LogP contribution is -2.40. The highest BCUT2D eigenvalue weighted by Gasteiger charge is 2.63. The van der Waals surface area contributed by atoms with Gasteiger partial charge in [0.15, 0.2) is 5.41 Å². The van der Waals surface area contributed by atoms with Crippen LogP contribution in [0.2, 0.25) is 0 Å². The van der Waals surface area contributed by atoms with Gasteiger partial charge in [-0.3, -0.25) is 9.59 Å². The normalized spacial score (nSPS) is 33.1. The Morgan fingerprint density at radius 2 is 1.83 bits per heavy atom. The minimum absolute atomic E-state index is 0.0283. The van der Waals surface area contributed by atoms with E-state index in [1.807, 2.05) is 0 Å². The molecule has 2 fully saturated rings. The van der Waals surface area contributed by atoms with E-state index in [1.54, 1.807) is 0 Å². The maximum atomic E-state index is 12.0. The predicted molar refractivity (Wildman–Crippen MR) is 65.7 cm³/mol. The molecule has 0 aromatic rings. The number of hydrogen-bond acceptors (Lipinski definition) is 4. The number of methoxy groups -OCH3 is 2. The first kappa shape index (κ1) is 13.1. The van der Waals surface area contributed by atoms with Gasteiger partial charge in [0.05, 0.1) is 14.2 Å². The van der Waals surface area contributed by atoms with Gasteiger partial charge in [0.1, 0.15) is 0 Å². The van der Waals surface area contributed by atoms with Crippen LogP contribution in [0.3, 0.4) is 0 Å². The van der Waals surface area contributed by atoms with E-state index in [-0.39, 0.29) is 5.41 Å². The van der Waals surface area contributed by atoms with Gasteiger partial charge in [0, 0.05) is 0 Å². The largest absolute Gasteiger partial charge is 0.468 e. The minimum Gasteiger partial charge on any atom is -0.468 e. The van der Waals surface area contributed by atoms with Crippen LogP contribution >= 0.6 is 0 Å². The lowest BCUT2D eigenvalue weighted by atomic mass is 9.78. The highest BCUT2D eigenvalue weighted by Crippen LogP contribution is 2.62. The van der Waals surface area contributed by atoms with Crippen molar-refractivity contribution in [3.05, 3.63) is 12.2 Å². The number of allylic oxidation sites excluding steroid dienone is 1. The molecule has 0 N–H and O–H groups in total. The van der Waals surface area contributed by atoms with Crippen molar-refractivity contribution in [2.24, 2.45) is 16.7 Å². The second kappa shape index (κ2) is 4.11. The first-order valence-electron chi connectivity index (χ1n) is 6.21. The van der Waals surface area contributed by atoms with Gasteiger partial charge in [0.2, 0.25) is 0 Å². The van der Waals surface area contributed by atoms with E-state index in [1.165, 1.54) is 19.8 Å². The second-order valence-corrected chi connectivity index (χ2v) is 5.93. The molecule has 2 rings (SSSR count). The van der Waals surface area contributed by atoms with Crippen molar-refractivity contribution in [2.45, 2.75) is 32.6 Å². The van der Waals surface area contributed by atoms with Crippen LogP contribution in [0.25, 0.3) is 0 Å². The molecule has 4 heteroatoms. The van der Waals surface area contributed by atoms with Crippen molar-refractivity contribution >= 4 is 11.9 Å². The monoisotopic (exact) mass is 252 g/mol. The molecule has 4 nitrogen and oxygen atoms in total. The highest BCUT2D eigenvalue weighted by molar-refractivity contribution is 6.00. The van der Waals surface area contributed by atoms with Gasteiger partial charge in [-0.05, 0) is 37.0 Å². The summed E-state index contributed by atoms with van der Waals surface area (Å²) < 4.78 is 9.67. The summed E-state index contributed by atoms with van der Waals surface area (Å²) in [4.78, 5) is 24.1. The molecule has 0 aromatic carbocycles. The number of esters is 2. The zero-order valence-electron chi connectivity index (χ0n) is 11.2. The summed E-state index contributed by atoms with van der Waals surface area (Å²) in [6.45, 7) is 6.16. The third-order valence-corrected chi connectivity index (χ3v) is 4.63. The SMILES string of the molecule is C=C1C[C@@H]2CC(C(=O)OC)(C(=O)OC)C[C@]2(C)C1. The molecule has 0 saturated heterocycles. The quantitative estimate of drug-likeness (QED) is 0.429. The predicted octanol–water partition coefficient (Wildman–Crippen LogP) is 2.09. The van der Waals surface area contributed by atoms with Gasteiger partial charge in [0.25, 0.3) is 0 Å². The molecule has 0 aromatic heterocycles. The van der Waals surface area contributed by atoms with Crippen LogP contribution in [-0.4, -0.2) is 26.2 Å². The zero-order valence-corrected chi connectivity index (χ0v) is 11.2. The van der Waals surface area contributed by atoms with Crippen LogP contribution in [-0.2, 0) is 19.1 Å². The Labute approximate surface area is 107 Å². The van der Waals surface area contributed by atoms with Gasteiger partial charge >= 0.3 is 11.9 Å². The number of fused-ring (bicyclic) bond motifs is 1. The average molecular weight is 252 g/mol. The molecule has 2 atom stereocenters. The van der Waals surface area contributed by atoms with E-state index in [9.17, 15) is 9.59 Å². The maximum Gasteiger partial charge on any atom is 0.323 e. The van der Waals surface area contributed by atoms with Crippen molar-refractivity contribution in [2.75, 3.05) is 14.2 Å². The number of carbonyl (C=O) groups is 2. The first-order valence-corrected chi connectivity index (χ1v) is 6.21. The van der Waals surface area contributed by atoms with Crippen LogP contribution in [0.5, 0.6) is 0 Å². The van der Waals surface area contributed by atoms with Gasteiger partial charge in [-0.1, -0.05) is 19.1 Å². The summed E-state index contributed by atoms with van der Waals surface area (Å²) >= 11 is 0. The van der Waals surface area contributed by atoms with Crippen molar-refractivity contribution < 1.29 is 19.1 Å². The number of hydrogen-bond donors (Lipinski definition) is 0. The third-order valence-electron chi connectivity index (χ3n) is 4.63. The fourth-order valence-corrected chi connectivity index (χ4v) is 3.88. The topological polar surface area (TPSA) is 52.6 Å². The molecule has 2 saturated carbocycles. The Bertz CT molecular complexity index is 396. The Morgan fingerprint density at radius 1 is 1.28 bits per heavy atom. The van der Waals surface area contributed by atoms with Gasteiger partial charge in [-0.25, -0.2) is 0 Å². The first-order chi connectivity index (χ1) is 8.38. The van der Waals surface area contributed by atoms with Crippen LogP contribution in [0.15, 0.2) is 12.2 Å². The maximum absolute atomic E-state index is 12.0. The Hall–Kier alpha value is -1.32. The summed E-state index contributed by atoms with van der Waals surface area (Å²) in [5, 5.41) is 0. The van der Waals surface area contributed by atoms with Crippen molar-refractivity contribution in [3.63, 3.8) is 0 Å². The highest BCUT2D eigenvalue weighted by atomic mass is 16.5. The molecule has 0 spiro atoms. The Kier molecular flexibility index (Phi) is 2.99. The Balaban J connectivity index is 2.34. The summed E-state index contributed by atoms with van der Waals surface area (Å²) in [5.41, 5.74) is 0.0779. The fourth-order valence-electron chi connectivity index (χ4n) is 3.88. The smallest absolute Gasteiger partial charge is 0.323 e. The summed E-state index contributed by atoms with van der Waals surface area (Å²) in [6.07, 6.45) is 2.80. The average Bonchev–Trinajstić information content (AvgIpc) is 2.75. The van der Waals surface area contributed by atoms with Gasteiger partial charge in [-0.2, -0.15) is 0 Å². The number of ether oxygens (including phenoxy) is 2. The molecule has 0 heterocycles. The van der Waals surface area contributed by atoms with Gasteiger partial charge in [-0.15, -0.1) is 0 Å². The molecule has 0 aliphatic heterocycles. The van der Waals surface area contributed by atoms with E-state index in [4.69, 9.17) is 9.47 Å². The van der Waals surface area contributed by atoms with Gasteiger partial charge < -0.3 is 9.47 Å². The fraction of sp³-hybridized carbons (Fsp3) is 0.714. The minimum atomic E-state index is -1.11. The Morgan fingerprint density at radius 3 is 2.28 bits per heavy atom. The second-order valence-electron chi connectivity index (χ2n) is 5.93. The van der Waals surface area contributed by atoms with E-state index >= 15 is 0 Å². The molecule has 0 radical (unpaired) electrons. The van der Waals surface area contributed by atoms with Crippen molar-refractivity contribution in [3.8, 4) is 0 Å².